The van der Waals surface area contributed by atoms with Crippen molar-refractivity contribution in [2.24, 2.45) is 0 Å². The van der Waals surface area contributed by atoms with Gasteiger partial charge >= 0.3 is 0 Å². The number of nitrogen functional groups attached to an aromatic ring is 1. The van der Waals surface area contributed by atoms with Crippen LogP contribution < -0.4 is 11.1 Å². The molecule has 1 heterocycles. The van der Waals surface area contributed by atoms with Crippen LogP contribution in [0, 0.1) is 11.3 Å². The quantitative estimate of drug-likeness (QED) is 0.500. The van der Waals surface area contributed by atoms with Gasteiger partial charge in [0.2, 0.25) is 0 Å². The Morgan fingerprint density at radius 3 is 2.50 bits per heavy atom. The Kier molecular flexibility index (Phi) is 4.61. The van der Waals surface area contributed by atoms with Crippen LogP contribution in [-0.2, 0) is 4.79 Å². The van der Waals surface area contributed by atoms with Gasteiger partial charge in [0.05, 0.1) is 0 Å². The highest BCUT2D eigenvalue weighted by Gasteiger charge is 2.19. The lowest BCUT2D eigenvalue weighted by atomic mass is 10.1. The zero-order valence-corrected chi connectivity index (χ0v) is 11.3. The topological polar surface area (TPSA) is 82.1 Å². The van der Waals surface area contributed by atoms with Crippen LogP contribution >= 0.6 is 0 Å². The third-order valence-electron chi connectivity index (χ3n) is 3.29. The molecule has 20 heavy (non-hydrogen) atoms. The Morgan fingerprint density at radius 1 is 1.25 bits per heavy atom. The second-order valence-corrected chi connectivity index (χ2v) is 4.79. The molecule has 1 aromatic rings. The third kappa shape index (κ3) is 3.51. The Bertz CT molecular complexity index is 536. The van der Waals surface area contributed by atoms with Crippen LogP contribution in [0.15, 0.2) is 36.0 Å². The van der Waals surface area contributed by atoms with Gasteiger partial charge in [0, 0.05) is 30.7 Å². The molecular weight excluding hydrogens is 252 g/mol. The monoisotopic (exact) mass is 270 g/mol. The summed E-state index contributed by atoms with van der Waals surface area (Å²) in [4.78, 5) is 13.9. The number of piperidine rings is 1. The number of likely N-dealkylation sites (tertiary alicyclic amines) is 1. The number of nitrogens with zero attached hydrogens (tertiary/aromatic N) is 2. The van der Waals surface area contributed by atoms with Crippen molar-refractivity contribution in [2.45, 2.75) is 19.3 Å². The number of nitrogens with two attached hydrogens (primary N) is 1. The van der Waals surface area contributed by atoms with Gasteiger partial charge < -0.3 is 16.0 Å². The lowest BCUT2D eigenvalue weighted by Gasteiger charge is -2.26. The van der Waals surface area contributed by atoms with E-state index in [4.69, 9.17) is 11.0 Å². The van der Waals surface area contributed by atoms with E-state index in [1.165, 1.54) is 6.20 Å². The Hall–Kier alpha value is -2.48. The smallest absolute Gasteiger partial charge is 0.266 e. The van der Waals surface area contributed by atoms with E-state index in [1.54, 1.807) is 29.2 Å². The highest BCUT2D eigenvalue weighted by molar-refractivity contribution is 5.97. The SMILES string of the molecule is N#C/C(=C/Nc1ccc(N)cc1)C(=O)N1CCCCC1. The van der Waals surface area contributed by atoms with Gasteiger partial charge in [-0.3, -0.25) is 4.79 Å². The molecule has 5 nitrogen and oxygen atoms in total. The molecular formula is C15H18N4O. The molecule has 1 amide bonds. The fourth-order valence-corrected chi connectivity index (χ4v) is 2.14. The van der Waals surface area contributed by atoms with E-state index in [2.05, 4.69) is 5.32 Å². The summed E-state index contributed by atoms with van der Waals surface area (Å²) in [5.41, 5.74) is 7.19. The molecule has 0 bridgehead atoms. The molecule has 3 N–H and O–H groups in total. The number of benzene rings is 1. The first-order chi connectivity index (χ1) is 9.70. The van der Waals surface area contributed by atoms with Gasteiger partial charge in [0.15, 0.2) is 0 Å². The summed E-state index contributed by atoms with van der Waals surface area (Å²) in [6.45, 7) is 1.47. The first kappa shape index (κ1) is 13.9. The summed E-state index contributed by atoms with van der Waals surface area (Å²) in [5.74, 6) is -0.199. The Labute approximate surface area is 118 Å². The zero-order chi connectivity index (χ0) is 14.4. The fraction of sp³-hybridized carbons (Fsp3) is 0.333. The van der Waals surface area contributed by atoms with E-state index >= 15 is 0 Å². The van der Waals surface area contributed by atoms with Crippen LogP contribution in [0.2, 0.25) is 0 Å². The summed E-state index contributed by atoms with van der Waals surface area (Å²) in [7, 11) is 0. The van der Waals surface area contributed by atoms with Gasteiger partial charge in [-0.05, 0) is 43.5 Å². The Morgan fingerprint density at radius 2 is 1.90 bits per heavy atom. The molecule has 0 aromatic heterocycles. The van der Waals surface area contributed by atoms with E-state index in [0.29, 0.717) is 5.69 Å². The van der Waals surface area contributed by atoms with Crippen molar-refractivity contribution in [3.63, 3.8) is 0 Å². The predicted molar refractivity (Wildman–Crippen MR) is 78.6 cm³/mol. The van der Waals surface area contributed by atoms with Gasteiger partial charge in [-0.1, -0.05) is 0 Å². The van der Waals surface area contributed by atoms with Gasteiger partial charge in [-0.2, -0.15) is 5.26 Å². The highest BCUT2D eigenvalue weighted by atomic mass is 16.2. The molecule has 1 aromatic carbocycles. The largest absolute Gasteiger partial charge is 0.399 e. The summed E-state index contributed by atoms with van der Waals surface area (Å²) in [5, 5.41) is 12.1. The lowest BCUT2D eigenvalue weighted by molar-refractivity contribution is -0.127. The molecule has 2 rings (SSSR count). The summed E-state index contributed by atoms with van der Waals surface area (Å²) in [6, 6.07) is 9.08. The highest BCUT2D eigenvalue weighted by Crippen LogP contribution is 2.14. The second kappa shape index (κ2) is 6.62. The fourth-order valence-electron chi connectivity index (χ4n) is 2.14. The van der Waals surface area contributed by atoms with Crippen molar-refractivity contribution in [1.82, 2.24) is 4.90 Å². The minimum Gasteiger partial charge on any atom is -0.399 e. The number of carbonyl (C=O) groups is 1. The number of nitriles is 1. The standard InChI is InChI=1S/C15H18N4O/c16-10-12(15(20)19-8-2-1-3-9-19)11-18-14-6-4-13(17)5-7-14/h4-7,11,18H,1-3,8-9,17H2/b12-11-. The summed E-state index contributed by atoms with van der Waals surface area (Å²) in [6.07, 6.45) is 4.63. The van der Waals surface area contributed by atoms with Gasteiger partial charge in [0.25, 0.3) is 5.91 Å². The van der Waals surface area contributed by atoms with Crippen molar-refractivity contribution in [1.29, 1.82) is 5.26 Å². The Balaban J connectivity index is 2.03. The van der Waals surface area contributed by atoms with Crippen molar-refractivity contribution >= 4 is 17.3 Å². The first-order valence-corrected chi connectivity index (χ1v) is 6.72. The molecule has 5 heteroatoms. The molecule has 0 atom stereocenters. The number of hydrogen-bond donors (Lipinski definition) is 2. The number of hydrogen-bond acceptors (Lipinski definition) is 4. The minimum atomic E-state index is -0.199. The molecule has 0 spiro atoms. The molecule has 1 fully saturated rings. The predicted octanol–water partition coefficient (Wildman–Crippen LogP) is 2.10. The van der Waals surface area contributed by atoms with E-state index in [9.17, 15) is 4.79 Å². The van der Waals surface area contributed by atoms with E-state index in [-0.39, 0.29) is 11.5 Å². The van der Waals surface area contributed by atoms with Crippen LogP contribution in [0.5, 0.6) is 0 Å². The van der Waals surface area contributed by atoms with E-state index in [1.807, 2.05) is 6.07 Å². The number of amides is 1. The summed E-state index contributed by atoms with van der Waals surface area (Å²) >= 11 is 0. The van der Waals surface area contributed by atoms with Crippen LogP contribution in [0.4, 0.5) is 11.4 Å². The van der Waals surface area contributed by atoms with Crippen LogP contribution in [-0.4, -0.2) is 23.9 Å². The van der Waals surface area contributed by atoms with E-state index < -0.39 is 0 Å². The van der Waals surface area contributed by atoms with Gasteiger partial charge in [0.1, 0.15) is 11.6 Å². The number of anilines is 2. The average Bonchev–Trinajstić information content (AvgIpc) is 2.50. The van der Waals surface area contributed by atoms with Crippen molar-refractivity contribution in [3.8, 4) is 6.07 Å². The normalized spacial score (nSPS) is 15.6. The molecule has 1 aliphatic heterocycles. The minimum absolute atomic E-state index is 0.128. The van der Waals surface area contributed by atoms with Crippen LogP contribution in [0.3, 0.4) is 0 Å². The van der Waals surface area contributed by atoms with Crippen molar-refractivity contribution in [3.05, 3.63) is 36.0 Å². The molecule has 1 saturated heterocycles. The van der Waals surface area contributed by atoms with Crippen molar-refractivity contribution in [2.75, 3.05) is 24.1 Å². The molecule has 0 unspecified atom stereocenters. The van der Waals surface area contributed by atoms with Crippen LogP contribution in [0.1, 0.15) is 19.3 Å². The number of nitrogens with one attached hydrogen (secondary N) is 1. The van der Waals surface area contributed by atoms with Gasteiger partial charge in [-0.25, -0.2) is 0 Å². The summed E-state index contributed by atoms with van der Waals surface area (Å²) < 4.78 is 0. The maximum Gasteiger partial charge on any atom is 0.266 e. The maximum atomic E-state index is 12.2. The number of carbonyl (C=O) groups excluding carboxylic acids is 1. The number of rotatable bonds is 3. The zero-order valence-electron chi connectivity index (χ0n) is 11.3. The van der Waals surface area contributed by atoms with E-state index in [0.717, 1.165) is 38.0 Å². The van der Waals surface area contributed by atoms with Crippen LogP contribution in [0.25, 0.3) is 0 Å². The molecule has 104 valence electrons. The van der Waals surface area contributed by atoms with Crippen molar-refractivity contribution < 1.29 is 4.79 Å². The first-order valence-electron chi connectivity index (χ1n) is 6.72. The third-order valence-corrected chi connectivity index (χ3v) is 3.29. The lowest BCUT2D eigenvalue weighted by Crippen LogP contribution is -2.36. The van der Waals surface area contributed by atoms with Gasteiger partial charge in [-0.15, -0.1) is 0 Å². The molecule has 0 aliphatic carbocycles. The molecule has 0 radical (unpaired) electrons. The second-order valence-electron chi connectivity index (χ2n) is 4.79. The maximum absolute atomic E-state index is 12.2. The molecule has 1 aliphatic rings. The molecule has 0 saturated carbocycles. The average molecular weight is 270 g/mol.